The van der Waals surface area contributed by atoms with Gasteiger partial charge < -0.3 is 14.7 Å². The quantitative estimate of drug-likeness (QED) is 0.443. The molecule has 1 amide bonds. The number of likely N-dealkylation sites (tertiary alicyclic amines) is 1. The second-order valence-corrected chi connectivity index (χ2v) is 7.67. The zero-order valence-corrected chi connectivity index (χ0v) is 17.2. The van der Waals surface area contributed by atoms with Crippen LogP contribution in [0.5, 0.6) is 0 Å². The van der Waals surface area contributed by atoms with Gasteiger partial charge >= 0.3 is 0 Å². The molecular formula is C22H26N4O4. The molecule has 1 aromatic carbocycles. The van der Waals surface area contributed by atoms with Crippen LogP contribution in [0.2, 0.25) is 0 Å². The third kappa shape index (κ3) is 3.64. The SMILES string of the molecule is Cc1n[nH]c(C)c1/C(O)=C1\C(=O)C(=O)N(CCN2CCOCC2)C1c1ccccc1. The van der Waals surface area contributed by atoms with Crippen LogP contribution in [0.1, 0.15) is 28.6 Å². The van der Waals surface area contributed by atoms with Crippen LogP contribution >= 0.6 is 0 Å². The number of carbonyl (C=O) groups is 2. The van der Waals surface area contributed by atoms with Gasteiger partial charge in [0.15, 0.2) is 0 Å². The minimum Gasteiger partial charge on any atom is -0.507 e. The van der Waals surface area contributed by atoms with Gasteiger partial charge in [-0.3, -0.25) is 19.6 Å². The van der Waals surface area contributed by atoms with Crippen molar-refractivity contribution in [1.82, 2.24) is 20.0 Å². The molecule has 0 radical (unpaired) electrons. The number of aromatic nitrogens is 2. The summed E-state index contributed by atoms with van der Waals surface area (Å²) in [5, 5.41) is 18.1. The van der Waals surface area contributed by atoms with Gasteiger partial charge in [-0.05, 0) is 19.4 Å². The van der Waals surface area contributed by atoms with Gasteiger partial charge in [-0.25, -0.2) is 0 Å². The largest absolute Gasteiger partial charge is 0.507 e. The van der Waals surface area contributed by atoms with Crippen molar-refractivity contribution >= 4 is 17.4 Å². The molecule has 2 saturated heterocycles. The van der Waals surface area contributed by atoms with Crippen molar-refractivity contribution < 1.29 is 19.4 Å². The van der Waals surface area contributed by atoms with Gasteiger partial charge in [-0.1, -0.05) is 30.3 Å². The Hall–Kier alpha value is -2.97. The number of ketones is 1. The molecular weight excluding hydrogens is 384 g/mol. The first kappa shape index (κ1) is 20.3. The van der Waals surface area contributed by atoms with Crippen LogP contribution in [0.25, 0.3) is 5.76 Å². The molecule has 1 atom stereocenters. The Morgan fingerprint density at radius 1 is 1.17 bits per heavy atom. The Morgan fingerprint density at radius 3 is 2.50 bits per heavy atom. The third-order valence-electron chi connectivity index (χ3n) is 5.78. The summed E-state index contributed by atoms with van der Waals surface area (Å²) in [4.78, 5) is 29.8. The third-order valence-corrected chi connectivity index (χ3v) is 5.78. The molecule has 158 valence electrons. The Balaban J connectivity index is 1.74. The fourth-order valence-electron chi connectivity index (χ4n) is 4.20. The molecule has 2 N–H and O–H groups in total. The standard InChI is InChI=1S/C22H26N4O4/c1-14-17(15(2)24-23-14)20(27)18-19(16-6-4-3-5-7-16)26(22(29)21(18)28)9-8-25-10-12-30-13-11-25/h3-7,19,27H,8-13H2,1-2H3,(H,23,24)/b20-18+. The number of aromatic amines is 1. The molecule has 2 aliphatic rings. The second kappa shape index (κ2) is 8.41. The lowest BCUT2D eigenvalue weighted by Gasteiger charge is -2.31. The summed E-state index contributed by atoms with van der Waals surface area (Å²) < 4.78 is 5.39. The van der Waals surface area contributed by atoms with Gasteiger partial charge in [0, 0.05) is 31.9 Å². The molecule has 1 aromatic heterocycles. The number of hydrogen-bond acceptors (Lipinski definition) is 6. The van der Waals surface area contributed by atoms with Crippen molar-refractivity contribution in [1.29, 1.82) is 0 Å². The minimum absolute atomic E-state index is 0.112. The van der Waals surface area contributed by atoms with E-state index >= 15 is 0 Å². The summed E-state index contributed by atoms with van der Waals surface area (Å²) in [6.07, 6.45) is 0. The van der Waals surface area contributed by atoms with Crippen molar-refractivity contribution in [3.05, 3.63) is 58.4 Å². The Kier molecular flexibility index (Phi) is 5.69. The lowest BCUT2D eigenvalue weighted by atomic mass is 9.95. The monoisotopic (exact) mass is 410 g/mol. The summed E-state index contributed by atoms with van der Waals surface area (Å²) in [6.45, 7) is 7.50. The summed E-state index contributed by atoms with van der Waals surface area (Å²) in [5.74, 6) is -1.43. The number of nitrogens with zero attached hydrogens (tertiary/aromatic N) is 3. The van der Waals surface area contributed by atoms with Crippen LogP contribution in [-0.4, -0.2) is 76.2 Å². The number of morpholine rings is 1. The van der Waals surface area contributed by atoms with Gasteiger partial charge in [0.2, 0.25) is 0 Å². The highest BCUT2D eigenvalue weighted by Gasteiger charge is 2.46. The number of amides is 1. The number of rotatable bonds is 5. The van der Waals surface area contributed by atoms with E-state index in [2.05, 4.69) is 15.1 Å². The molecule has 0 bridgehead atoms. The molecule has 0 spiro atoms. The molecule has 30 heavy (non-hydrogen) atoms. The number of carbonyl (C=O) groups excluding carboxylic acids is 2. The smallest absolute Gasteiger partial charge is 0.295 e. The molecule has 8 nitrogen and oxygen atoms in total. The van der Waals surface area contributed by atoms with E-state index in [1.54, 1.807) is 18.7 Å². The summed E-state index contributed by atoms with van der Waals surface area (Å²) in [5.41, 5.74) is 2.61. The van der Waals surface area contributed by atoms with E-state index in [4.69, 9.17) is 4.74 Å². The lowest BCUT2D eigenvalue weighted by Crippen LogP contribution is -2.42. The fourth-order valence-corrected chi connectivity index (χ4v) is 4.20. The molecule has 2 fully saturated rings. The van der Waals surface area contributed by atoms with E-state index in [1.807, 2.05) is 30.3 Å². The van der Waals surface area contributed by atoms with Gasteiger partial charge in [0.05, 0.1) is 36.1 Å². The first-order valence-corrected chi connectivity index (χ1v) is 10.1. The number of aryl methyl sites for hydroxylation is 2. The highest BCUT2D eigenvalue weighted by Crippen LogP contribution is 2.39. The highest BCUT2D eigenvalue weighted by molar-refractivity contribution is 6.46. The summed E-state index contributed by atoms with van der Waals surface area (Å²) in [7, 11) is 0. The van der Waals surface area contributed by atoms with E-state index in [0.717, 1.165) is 18.7 Å². The highest BCUT2D eigenvalue weighted by atomic mass is 16.5. The van der Waals surface area contributed by atoms with E-state index in [1.165, 1.54) is 0 Å². The fraction of sp³-hybridized carbons (Fsp3) is 0.409. The van der Waals surface area contributed by atoms with E-state index < -0.39 is 17.7 Å². The van der Waals surface area contributed by atoms with Crippen LogP contribution in [0, 0.1) is 13.8 Å². The number of benzene rings is 1. The van der Waals surface area contributed by atoms with E-state index in [0.29, 0.717) is 43.3 Å². The molecule has 4 rings (SSSR count). The predicted molar refractivity (Wildman–Crippen MR) is 111 cm³/mol. The Morgan fingerprint density at radius 2 is 1.87 bits per heavy atom. The van der Waals surface area contributed by atoms with Crippen LogP contribution in [0.4, 0.5) is 0 Å². The van der Waals surface area contributed by atoms with Crippen LogP contribution in [0.15, 0.2) is 35.9 Å². The zero-order chi connectivity index (χ0) is 21.3. The first-order chi connectivity index (χ1) is 14.5. The first-order valence-electron chi connectivity index (χ1n) is 10.1. The van der Waals surface area contributed by atoms with Crippen molar-refractivity contribution in [3.8, 4) is 0 Å². The minimum atomic E-state index is -0.664. The molecule has 8 heteroatoms. The zero-order valence-electron chi connectivity index (χ0n) is 17.2. The Labute approximate surface area is 175 Å². The van der Waals surface area contributed by atoms with Gasteiger partial charge in [-0.2, -0.15) is 5.10 Å². The average molecular weight is 410 g/mol. The number of hydrogen-bond donors (Lipinski definition) is 2. The number of ether oxygens (including phenoxy) is 1. The number of H-pyrrole nitrogens is 1. The maximum Gasteiger partial charge on any atom is 0.295 e. The predicted octanol–water partition coefficient (Wildman–Crippen LogP) is 1.78. The molecule has 1 unspecified atom stereocenters. The molecule has 0 aliphatic carbocycles. The summed E-state index contributed by atoms with van der Waals surface area (Å²) in [6, 6.07) is 8.73. The van der Waals surface area contributed by atoms with E-state index in [-0.39, 0.29) is 11.3 Å². The number of aliphatic hydroxyl groups is 1. The Bertz CT molecular complexity index is 957. The lowest BCUT2D eigenvalue weighted by molar-refractivity contribution is -0.140. The van der Waals surface area contributed by atoms with E-state index in [9.17, 15) is 14.7 Å². The molecule has 2 aromatic rings. The number of aliphatic hydroxyl groups excluding tert-OH is 1. The van der Waals surface area contributed by atoms with Crippen molar-refractivity contribution in [2.45, 2.75) is 19.9 Å². The molecule has 3 heterocycles. The maximum atomic E-state index is 13.0. The average Bonchev–Trinajstić information content (AvgIpc) is 3.23. The van der Waals surface area contributed by atoms with Crippen LogP contribution < -0.4 is 0 Å². The van der Waals surface area contributed by atoms with Crippen molar-refractivity contribution in [2.75, 3.05) is 39.4 Å². The normalized spacial score (nSPS) is 22.1. The van der Waals surface area contributed by atoms with Crippen LogP contribution in [-0.2, 0) is 14.3 Å². The summed E-state index contributed by atoms with van der Waals surface area (Å²) >= 11 is 0. The van der Waals surface area contributed by atoms with Gasteiger partial charge in [-0.15, -0.1) is 0 Å². The molecule has 2 aliphatic heterocycles. The molecule has 0 saturated carbocycles. The van der Waals surface area contributed by atoms with Crippen molar-refractivity contribution in [3.63, 3.8) is 0 Å². The van der Waals surface area contributed by atoms with Crippen LogP contribution in [0.3, 0.4) is 0 Å². The number of nitrogens with one attached hydrogen (secondary N) is 1. The van der Waals surface area contributed by atoms with Crippen molar-refractivity contribution in [2.24, 2.45) is 0 Å². The number of Topliss-reactive ketones (excluding diaryl/α,β-unsaturated/α-hetero) is 1. The topological polar surface area (TPSA) is 98.8 Å². The maximum absolute atomic E-state index is 13.0. The van der Waals surface area contributed by atoms with Gasteiger partial charge in [0.1, 0.15) is 5.76 Å². The second-order valence-electron chi connectivity index (χ2n) is 7.67. The van der Waals surface area contributed by atoms with Gasteiger partial charge in [0.25, 0.3) is 11.7 Å².